The maximum Gasteiger partial charge on any atom is 0.416 e. The second-order valence-electron chi connectivity index (χ2n) is 5.09. The summed E-state index contributed by atoms with van der Waals surface area (Å²) in [6.45, 7) is 0.812. The van der Waals surface area contributed by atoms with Crippen LogP contribution in [-0.2, 0) is 22.7 Å². The molecule has 1 aromatic rings. The highest BCUT2D eigenvalue weighted by Crippen LogP contribution is 2.29. The van der Waals surface area contributed by atoms with Crippen molar-refractivity contribution in [1.82, 2.24) is 10.0 Å². The van der Waals surface area contributed by atoms with Crippen LogP contribution >= 0.6 is 0 Å². The van der Waals surface area contributed by atoms with E-state index in [4.69, 9.17) is 0 Å². The number of benzene rings is 1. The van der Waals surface area contributed by atoms with Crippen molar-refractivity contribution >= 4 is 10.0 Å². The van der Waals surface area contributed by atoms with Crippen molar-refractivity contribution in [2.45, 2.75) is 31.6 Å². The molecule has 0 amide bonds. The van der Waals surface area contributed by atoms with Crippen LogP contribution in [0.5, 0.6) is 0 Å². The second kappa shape index (κ2) is 6.33. The van der Waals surface area contributed by atoms with Crippen molar-refractivity contribution in [2.24, 2.45) is 0 Å². The molecule has 21 heavy (non-hydrogen) atoms. The molecule has 118 valence electrons. The summed E-state index contributed by atoms with van der Waals surface area (Å²) in [5.74, 6) is -0.00631. The van der Waals surface area contributed by atoms with E-state index in [0.717, 1.165) is 31.5 Å². The predicted molar refractivity (Wildman–Crippen MR) is 73.1 cm³/mol. The largest absolute Gasteiger partial charge is 0.416 e. The summed E-state index contributed by atoms with van der Waals surface area (Å²) in [7, 11) is -3.44. The van der Waals surface area contributed by atoms with E-state index in [0.29, 0.717) is 5.56 Å². The van der Waals surface area contributed by atoms with Gasteiger partial charge in [-0.25, -0.2) is 13.1 Å². The van der Waals surface area contributed by atoms with Crippen LogP contribution in [0.25, 0.3) is 0 Å². The highest BCUT2D eigenvalue weighted by atomic mass is 32.2. The van der Waals surface area contributed by atoms with Gasteiger partial charge in [-0.15, -0.1) is 0 Å². The van der Waals surface area contributed by atoms with E-state index in [1.165, 1.54) is 12.1 Å². The lowest BCUT2D eigenvalue weighted by molar-refractivity contribution is -0.137. The Hall–Kier alpha value is -1.12. The molecule has 0 bridgehead atoms. The molecule has 0 aromatic heterocycles. The van der Waals surface area contributed by atoms with Gasteiger partial charge in [-0.2, -0.15) is 13.2 Å². The molecule has 0 aliphatic carbocycles. The Morgan fingerprint density at radius 1 is 1.24 bits per heavy atom. The van der Waals surface area contributed by atoms with Crippen LogP contribution in [0.4, 0.5) is 13.2 Å². The van der Waals surface area contributed by atoms with Gasteiger partial charge in [-0.1, -0.05) is 12.1 Å². The fourth-order valence-corrected chi connectivity index (χ4v) is 3.55. The summed E-state index contributed by atoms with van der Waals surface area (Å²) in [6, 6.07) is 4.40. The van der Waals surface area contributed by atoms with Crippen molar-refractivity contribution in [3.63, 3.8) is 0 Å². The Balaban J connectivity index is 1.90. The number of alkyl halides is 3. The van der Waals surface area contributed by atoms with Crippen LogP contribution < -0.4 is 10.0 Å². The van der Waals surface area contributed by atoms with Crippen molar-refractivity contribution < 1.29 is 21.6 Å². The highest BCUT2D eigenvalue weighted by molar-refractivity contribution is 7.89. The standard InChI is InChI=1S/C13H17F3N2O2S/c14-13(15,16)11-5-3-10(4-6-11)8-18-21(19,20)9-12-2-1-7-17-12/h3-6,12,17-18H,1-2,7-9H2. The second-order valence-corrected chi connectivity index (χ2v) is 6.94. The summed E-state index contributed by atoms with van der Waals surface area (Å²) in [4.78, 5) is 0. The Kier molecular flexibility index (Phi) is 4.90. The van der Waals surface area contributed by atoms with Crippen LogP contribution in [0.2, 0.25) is 0 Å². The molecule has 1 heterocycles. The minimum Gasteiger partial charge on any atom is -0.313 e. The van der Waals surface area contributed by atoms with Crippen LogP contribution in [-0.4, -0.2) is 26.8 Å². The van der Waals surface area contributed by atoms with Gasteiger partial charge in [-0.3, -0.25) is 0 Å². The first-order valence-corrected chi connectivity index (χ1v) is 8.28. The van der Waals surface area contributed by atoms with Crippen LogP contribution in [0.3, 0.4) is 0 Å². The third kappa shape index (κ3) is 4.98. The Bertz CT molecular complexity index is 564. The van der Waals surface area contributed by atoms with Gasteiger partial charge in [0.1, 0.15) is 0 Å². The van der Waals surface area contributed by atoms with Crippen LogP contribution in [0.1, 0.15) is 24.0 Å². The number of rotatable bonds is 5. The van der Waals surface area contributed by atoms with E-state index in [1.54, 1.807) is 0 Å². The van der Waals surface area contributed by atoms with Gasteiger partial charge in [0.15, 0.2) is 0 Å². The lowest BCUT2D eigenvalue weighted by Crippen LogP contribution is -2.36. The van der Waals surface area contributed by atoms with Gasteiger partial charge in [0, 0.05) is 12.6 Å². The molecule has 4 nitrogen and oxygen atoms in total. The monoisotopic (exact) mass is 322 g/mol. The molecule has 1 aromatic carbocycles. The third-order valence-electron chi connectivity index (χ3n) is 3.36. The zero-order chi connectivity index (χ0) is 15.5. The number of halogens is 3. The smallest absolute Gasteiger partial charge is 0.313 e. The molecule has 1 aliphatic heterocycles. The summed E-state index contributed by atoms with van der Waals surface area (Å²) in [6.07, 6.45) is -2.60. The summed E-state index contributed by atoms with van der Waals surface area (Å²) in [5, 5.41) is 3.09. The molecule has 0 radical (unpaired) electrons. The van der Waals surface area contributed by atoms with E-state index in [9.17, 15) is 21.6 Å². The van der Waals surface area contributed by atoms with E-state index in [2.05, 4.69) is 10.0 Å². The Morgan fingerprint density at radius 3 is 2.43 bits per heavy atom. The zero-order valence-corrected chi connectivity index (χ0v) is 12.1. The molecular weight excluding hydrogens is 305 g/mol. The first-order chi connectivity index (χ1) is 9.76. The minimum absolute atomic E-state index is 0.00631. The van der Waals surface area contributed by atoms with Gasteiger partial charge in [0.05, 0.1) is 11.3 Å². The lowest BCUT2D eigenvalue weighted by atomic mass is 10.1. The lowest BCUT2D eigenvalue weighted by Gasteiger charge is -2.12. The first kappa shape index (κ1) is 16.3. The normalized spacial score (nSPS) is 19.9. The van der Waals surface area contributed by atoms with Crippen molar-refractivity contribution in [1.29, 1.82) is 0 Å². The van der Waals surface area contributed by atoms with Gasteiger partial charge in [-0.05, 0) is 37.1 Å². The Labute approximate surface area is 121 Å². The topological polar surface area (TPSA) is 58.2 Å². The number of sulfonamides is 1. The predicted octanol–water partition coefficient (Wildman–Crippen LogP) is 1.88. The van der Waals surface area contributed by atoms with Crippen molar-refractivity contribution in [2.75, 3.05) is 12.3 Å². The number of hydrogen-bond acceptors (Lipinski definition) is 3. The fourth-order valence-electron chi connectivity index (χ4n) is 2.23. The molecular formula is C13H17F3N2O2S. The summed E-state index contributed by atoms with van der Waals surface area (Å²) < 4.78 is 63.3. The van der Waals surface area contributed by atoms with Crippen molar-refractivity contribution in [3.05, 3.63) is 35.4 Å². The van der Waals surface area contributed by atoms with Gasteiger partial charge in [0.2, 0.25) is 10.0 Å². The summed E-state index contributed by atoms with van der Waals surface area (Å²) >= 11 is 0. The van der Waals surface area contributed by atoms with Gasteiger partial charge < -0.3 is 5.32 Å². The molecule has 1 unspecified atom stereocenters. The molecule has 1 aliphatic rings. The van der Waals surface area contributed by atoms with E-state index in [1.807, 2.05) is 0 Å². The average Bonchev–Trinajstić information content (AvgIpc) is 2.88. The zero-order valence-electron chi connectivity index (χ0n) is 11.3. The van der Waals surface area contributed by atoms with Gasteiger partial charge in [0.25, 0.3) is 0 Å². The highest BCUT2D eigenvalue weighted by Gasteiger charge is 2.30. The van der Waals surface area contributed by atoms with E-state index in [-0.39, 0.29) is 18.3 Å². The molecule has 1 fully saturated rings. The maximum atomic E-state index is 12.4. The molecule has 2 rings (SSSR count). The molecule has 2 N–H and O–H groups in total. The maximum absolute atomic E-state index is 12.4. The molecule has 0 spiro atoms. The van der Waals surface area contributed by atoms with Gasteiger partial charge >= 0.3 is 6.18 Å². The number of nitrogens with one attached hydrogen (secondary N) is 2. The minimum atomic E-state index is -4.38. The van der Waals surface area contributed by atoms with Crippen molar-refractivity contribution in [3.8, 4) is 0 Å². The SMILES string of the molecule is O=S(=O)(CC1CCCN1)NCc1ccc(C(F)(F)F)cc1. The third-order valence-corrected chi connectivity index (χ3v) is 4.79. The molecule has 8 heteroatoms. The summed E-state index contributed by atoms with van der Waals surface area (Å²) in [5.41, 5.74) is -0.254. The number of hydrogen-bond donors (Lipinski definition) is 2. The fraction of sp³-hybridized carbons (Fsp3) is 0.538. The van der Waals surface area contributed by atoms with E-state index >= 15 is 0 Å². The quantitative estimate of drug-likeness (QED) is 0.870. The molecule has 1 saturated heterocycles. The Morgan fingerprint density at radius 2 is 1.90 bits per heavy atom. The van der Waals surface area contributed by atoms with E-state index < -0.39 is 21.8 Å². The average molecular weight is 322 g/mol. The molecule has 1 atom stereocenters. The molecule has 0 saturated carbocycles. The van der Waals surface area contributed by atoms with Crippen LogP contribution in [0.15, 0.2) is 24.3 Å². The first-order valence-electron chi connectivity index (χ1n) is 6.63. The van der Waals surface area contributed by atoms with Crippen LogP contribution in [0, 0.1) is 0 Å².